The van der Waals surface area contributed by atoms with Crippen molar-refractivity contribution < 1.29 is 14.7 Å². The monoisotopic (exact) mass is 179 g/mol. The Bertz CT molecular complexity index is 305. The minimum absolute atomic E-state index is 0.133. The van der Waals surface area contributed by atoms with Crippen molar-refractivity contribution in [3.8, 4) is 5.75 Å². The van der Waals surface area contributed by atoms with Gasteiger partial charge >= 0.3 is 0 Å². The van der Waals surface area contributed by atoms with E-state index in [1.165, 1.54) is 12.1 Å². The van der Waals surface area contributed by atoms with Crippen molar-refractivity contribution in [3.05, 3.63) is 24.3 Å². The predicted molar refractivity (Wildman–Crippen MR) is 47.4 cm³/mol. The molecule has 0 unspecified atom stereocenters. The summed E-state index contributed by atoms with van der Waals surface area (Å²) in [6, 6.07) is 6.02. The number of hydrogen-bond donors (Lipinski definition) is 2. The van der Waals surface area contributed by atoms with Gasteiger partial charge < -0.3 is 15.2 Å². The number of nitrogens with one attached hydrogen (secondary N) is 1. The highest BCUT2D eigenvalue weighted by atomic mass is 16.3. The van der Waals surface area contributed by atoms with Crippen molar-refractivity contribution in [1.82, 2.24) is 0 Å². The molecule has 0 fully saturated rings. The number of benzene rings is 1. The van der Waals surface area contributed by atoms with Crippen molar-refractivity contribution in [2.75, 3.05) is 5.32 Å². The third-order valence-corrected chi connectivity index (χ3v) is 1.42. The van der Waals surface area contributed by atoms with Gasteiger partial charge in [-0.05, 0) is 24.3 Å². The third-order valence-electron chi connectivity index (χ3n) is 1.42. The summed E-state index contributed by atoms with van der Waals surface area (Å²) in [5, 5.41) is 11.4. The summed E-state index contributed by atoms with van der Waals surface area (Å²) in [7, 11) is 0. The standard InChI is InChI=1S/C9H9NO3/c11-6-5-9(13)10-7-1-3-8(12)4-2-7/h1-4,6,12H,5H2,(H,10,13). The Labute approximate surface area is 75.2 Å². The highest BCUT2D eigenvalue weighted by molar-refractivity contribution is 5.97. The molecule has 1 aromatic carbocycles. The summed E-state index contributed by atoms with van der Waals surface area (Å²) in [6.45, 7) is 0. The molecule has 68 valence electrons. The molecule has 0 atom stereocenters. The topological polar surface area (TPSA) is 66.4 Å². The Hall–Kier alpha value is -1.84. The lowest BCUT2D eigenvalue weighted by molar-refractivity contribution is -0.119. The summed E-state index contributed by atoms with van der Waals surface area (Å²) in [4.78, 5) is 20.9. The fraction of sp³-hybridized carbons (Fsp3) is 0.111. The lowest BCUT2D eigenvalue weighted by Gasteiger charge is -2.01. The van der Waals surface area contributed by atoms with Crippen molar-refractivity contribution in [2.24, 2.45) is 0 Å². The fourth-order valence-electron chi connectivity index (χ4n) is 0.832. The molecule has 0 aliphatic heterocycles. The molecular weight excluding hydrogens is 170 g/mol. The van der Waals surface area contributed by atoms with Crippen LogP contribution >= 0.6 is 0 Å². The maximum absolute atomic E-state index is 10.9. The van der Waals surface area contributed by atoms with Crippen LogP contribution in [0.25, 0.3) is 0 Å². The number of aromatic hydroxyl groups is 1. The number of anilines is 1. The first-order chi connectivity index (χ1) is 6.22. The number of phenols is 1. The molecular formula is C9H9NO3. The Morgan fingerprint density at radius 1 is 1.38 bits per heavy atom. The number of amides is 1. The molecule has 0 radical (unpaired) electrons. The van der Waals surface area contributed by atoms with Crippen LogP contribution in [0.5, 0.6) is 5.75 Å². The van der Waals surface area contributed by atoms with E-state index < -0.39 is 0 Å². The first-order valence-electron chi connectivity index (χ1n) is 3.75. The minimum Gasteiger partial charge on any atom is -0.508 e. The Kier molecular flexibility index (Phi) is 3.03. The van der Waals surface area contributed by atoms with Gasteiger partial charge in [0.15, 0.2) is 0 Å². The van der Waals surface area contributed by atoms with Crippen LogP contribution in [0, 0.1) is 0 Å². The number of hydrogen-bond acceptors (Lipinski definition) is 3. The molecule has 0 aromatic heterocycles. The maximum Gasteiger partial charge on any atom is 0.231 e. The summed E-state index contributed by atoms with van der Waals surface area (Å²) in [6.07, 6.45) is 0.386. The second-order valence-corrected chi connectivity index (χ2v) is 2.47. The molecule has 0 saturated heterocycles. The molecule has 13 heavy (non-hydrogen) atoms. The quantitative estimate of drug-likeness (QED) is 0.412. The van der Waals surface area contributed by atoms with Gasteiger partial charge in [0.05, 0.1) is 6.42 Å². The van der Waals surface area contributed by atoms with Crippen LogP contribution in [0.2, 0.25) is 0 Å². The van der Waals surface area contributed by atoms with E-state index in [4.69, 9.17) is 5.11 Å². The molecule has 1 aromatic rings. The molecule has 1 rings (SSSR count). The molecule has 1 amide bonds. The number of carbonyl (C=O) groups is 2. The van der Waals surface area contributed by atoms with Gasteiger partial charge in [0.2, 0.25) is 5.91 Å². The number of carbonyl (C=O) groups excluding carboxylic acids is 2. The number of rotatable bonds is 3. The van der Waals surface area contributed by atoms with E-state index in [1.54, 1.807) is 12.1 Å². The van der Waals surface area contributed by atoms with Gasteiger partial charge in [0, 0.05) is 5.69 Å². The minimum atomic E-state index is -0.360. The van der Waals surface area contributed by atoms with E-state index in [0.29, 0.717) is 12.0 Å². The Morgan fingerprint density at radius 3 is 2.54 bits per heavy atom. The first kappa shape index (κ1) is 9.25. The molecule has 0 aliphatic carbocycles. The van der Waals surface area contributed by atoms with E-state index in [0.717, 1.165) is 0 Å². The second kappa shape index (κ2) is 4.25. The molecule has 0 bridgehead atoms. The smallest absolute Gasteiger partial charge is 0.231 e. The number of aldehydes is 1. The van der Waals surface area contributed by atoms with E-state index in [1.807, 2.05) is 0 Å². The number of phenolic OH excluding ortho intramolecular Hbond substituents is 1. The molecule has 2 N–H and O–H groups in total. The van der Waals surface area contributed by atoms with Gasteiger partial charge in [-0.3, -0.25) is 4.79 Å². The zero-order chi connectivity index (χ0) is 9.68. The third kappa shape index (κ3) is 2.94. The molecule has 0 saturated carbocycles. The summed E-state index contributed by atoms with van der Waals surface area (Å²) in [5.74, 6) is -0.228. The summed E-state index contributed by atoms with van der Waals surface area (Å²) in [5.41, 5.74) is 0.560. The van der Waals surface area contributed by atoms with E-state index in [9.17, 15) is 9.59 Å². The SMILES string of the molecule is O=CCC(=O)Nc1ccc(O)cc1. The lowest BCUT2D eigenvalue weighted by atomic mass is 10.3. The van der Waals surface area contributed by atoms with E-state index in [-0.39, 0.29) is 18.1 Å². The van der Waals surface area contributed by atoms with Crippen LogP contribution in [0.1, 0.15) is 6.42 Å². The van der Waals surface area contributed by atoms with Gasteiger partial charge in [-0.2, -0.15) is 0 Å². The van der Waals surface area contributed by atoms with Gasteiger partial charge in [-0.15, -0.1) is 0 Å². The summed E-state index contributed by atoms with van der Waals surface area (Å²) < 4.78 is 0. The highest BCUT2D eigenvalue weighted by Gasteiger charge is 1.99. The van der Waals surface area contributed by atoms with Gasteiger partial charge in [-0.1, -0.05) is 0 Å². The van der Waals surface area contributed by atoms with Gasteiger partial charge in [0.25, 0.3) is 0 Å². The molecule has 0 heterocycles. The average Bonchev–Trinajstić information content (AvgIpc) is 2.09. The zero-order valence-corrected chi connectivity index (χ0v) is 6.86. The maximum atomic E-state index is 10.9. The average molecular weight is 179 g/mol. The van der Waals surface area contributed by atoms with Gasteiger partial charge in [0.1, 0.15) is 12.0 Å². The fourth-order valence-corrected chi connectivity index (χ4v) is 0.832. The summed E-state index contributed by atoms with van der Waals surface area (Å²) >= 11 is 0. The van der Waals surface area contributed by atoms with Crippen LogP contribution in [0.3, 0.4) is 0 Å². The van der Waals surface area contributed by atoms with Crippen LogP contribution in [-0.2, 0) is 9.59 Å². The van der Waals surface area contributed by atoms with Crippen LogP contribution in [0.4, 0.5) is 5.69 Å². The predicted octanol–water partition coefficient (Wildman–Crippen LogP) is 0.920. The van der Waals surface area contributed by atoms with Crippen LogP contribution in [0.15, 0.2) is 24.3 Å². The van der Waals surface area contributed by atoms with Crippen LogP contribution < -0.4 is 5.32 Å². The van der Waals surface area contributed by atoms with Crippen molar-refractivity contribution in [1.29, 1.82) is 0 Å². The second-order valence-electron chi connectivity index (χ2n) is 2.47. The molecule has 0 aliphatic rings. The van der Waals surface area contributed by atoms with Crippen molar-refractivity contribution in [3.63, 3.8) is 0 Å². The lowest BCUT2D eigenvalue weighted by Crippen LogP contribution is -2.11. The largest absolute Gasteiger partial charge is 0.508 e. The first-order valence-corrected chi connectivity index (χ1v) is 3.75. The molecule has 0 spiro atoms. The van der Waals surface area contributed by atoms with Crippen molar-refractivity contribution >= 4 is 17.9 Å². The van der Waals surface area contributed by atoms with E-state index in [2.05, 4.69) is 5.32 Å². The Balaban J connectivity index is 2.59. The Morgan fingerprint density at radius 2 is 2.00 bits per heavy atom. The normalized spacial score (nSPS) is 9.23. The highest BCUT2D eigenvalue weighted by Crippen LogP contribution is 2.13. The van der Waals surface area contributed by atoms with Gasteiger partial charge in [-0.25, -0.2) is 0 Å². The van der Waals surface area contributed by atoms with Crippen LogP contribution in [-0.4, -0.2) is 17.3 Å². The van der Waals surface area contributed by atoms with Crippen molar-refractivity contribution in [2.45, 2.75) is 6.42 Å². The molecule has 4 nitrogen and oxygen atoms in total. The van der Waals surface area contributed by atoms with E-state index >= 15 is 0 Å². The zero-order valence-electron chi connectivity index (χ0n) is 6.86. The molecule has 4 heteroatoms.